The van der Waals surface area contributed by atoms with E-state index in [1.54, 1.807) is 36.4 Å². The number of methoxy groups -OCH3 is 3. The van der Waals surface area contributed by atoms with Gasteiger partial charge in [-0.05, 0) is 41.6 Å². The summed E-state index contributed by atoms with van der Waals surface area (Å²) in [5, 5.41) is 19.7. The van der Waals surface area contributed by atoms with Crippen LogP contribution in [0.4, 0.5) is 0 Å². The first-order valence-corrected chi connectivity index (χ1v) is 7.74. The highest BCUT2D eigenvalue weighted by Crippen LogP contribution is 2.39. The number of allylic oxidation sites excluding steroid dienone is 1. The molecule has 0 aliphatic rings. The summed E-state index contributed by atoms with van der Waals surface area (Å²) in [7, 11) is 4.59. The lowest BCUT2D eigenvalue weighted by Crippen LogP contribution is -2.31. The monoisotopic (exact) mass is 345 g/mol. The summed E-state index contributed by atoms with van der Waals surface area (Å²) in [4.78, 5) is 0.401. The molecule has 0 amide bonds. The molecule has 0 saturated heterocycles. The average Bonchev–Trinajstić information content (AvgIpc) is 2.61. The van der Waals surface area contributed by atoms with Crippen molar-refractivity contribution in [2.24, 2.45) is 0 Å². The minimum absolute atomic E-state index is 0.401. The van der Waals surface area contributed by atoms with Crippen LogP contribution >= 0.6 is 11.8 Å². The van der Waals surface area contributed by atoms with E-state index in [-0.39, 0.29) is 0 Å². The van der Waals surface area contributed by atoms with Gasteiger partial charge in [-0.3, -0.25) is 5.21 Å². The first-order chi connectivity index (χ1) is 11.6. The summed E-state index contributed by atoms with van der Waals surface area (Å²) in [5.41, 5.74) is 0.717. The number of rotatable bonds is 6. The van der Waals surface area contributed by atoms with Gasteiger partial charge in [-0.1, -0.05) is 0 Å². The molecule has 0 aliphatic heterocycles. The van der Waals surface area contributed by atoms with Crippen LogP contribution in [0.1, 0.15) is 5.56 Å². The Hall–Kier alpha value is -2.85. The lowest BCUT2D eigenvalue weighted by molar-refractivity contribution is -0.932. The van der Waals surface area contributed by atoms with Crippen LogP contribution in [-0.4, -0.2) is 26.5 Å². The molecule has 7 heteroatoms. The van der Waals surface area contributed by atoms with Gasteiger partial charge in [-0.25, -0.2) is 0 Å². The van der Waals surface area contributed by atoms with Crippen LogP contribution < -0.4 is 18.9 Å². The van der Waals surface area contributed by atoms with Crippen molar-refractivity contribution in [1.82, 2.24) is 0 Å². The van der Waals surface area contributed by atoms with Crippen LogP contribution in [0.3, 0.4) is 0 Å². The van der Waals surface area contributed by atoms with E-state index in [4.69, 9.17) is 14.2 Å². The Kier molecular flexibility index (Phi) is 5.93. The number of hydrogen-bond donors (Lipinski definition) is 1. The number of nitriles is 1. The fourth-order valence-electron chi connectivity index (χ4n) is 2.03. The van der Waals surface area contributed by atoms with Crippen molar-refractivity contribution in [3.8, 4) is 23.3 Å². The zero-order valence-electron chi connectivity index (χ0n) is 13.5. The highest BCUT2D eigenvalue weighted by atomic mass is 32.2. The van der Waals surface area contributed by atoms with Crippen molar-refractivity contribution in [3.63, 3.8) is 0 Å². The molecular weight excluding hydrogens is 328 g/mol. The fourth-order valence-corrected chi connectivity index (χ4v) is 2.80. The molecule has 0 atom stereocenters. The van der Waals surface area contributed by atoms with Crippen molar-refractivity contribution >= 4 is 17.8 Å². The number of thioether (sulfide) groups is 1. The Bertz CT molecular complexity index is 774. The van der Waals surface area contributed by atoms with E-state index in [0.717, 1.165) is 16.5 Å². The van der Waals surface area contributed by atoms with Gasteiger partial charge in [0.25, 0.3) is 5.03 Å². The summed E-state index contributed by atoms with van der Waals surface area (Å²) in [5.74, 6) is 1.49. The molecule has 1 aromatic heterocycles. The van der Waals surface area contributed by atoms with Crippen molar-refractivity contribution in [1.29, 1.82) is 5.26 Å². The predicted octanol–water partition coefficient (Wildman–Crippen LogP) is 2.89. The standard InChI is InChI=1S/C17H17N2O4S/c1-21-14-9-12(10-15(22-2)17(14)23-3)8-13(11-18)24-16-6-4-5-7-19(16)20/h4-10,20H,1-3H3/q+1. The predicted molar refractivity (Wildman–Crippen MR) is 89.4 cm³/mol. The van der Waals surface area contributed by atoms with Gasteiger partial charge in [-0.2, -0.15) is 5.26 Å². The fraction of sp³-hybridized carbons (Fsp3) is 0.176. The molecule has 0 fully saturated rings. The van der Waals surface area contributed by atoms with Crippen LogP contribution in [0, 0.1) is 11.3 Å². The normalized spacial score (nSPS) is 10.8. The summed E-state index contributed by atoms with van der Waals surface area (Å²) in [6, 6.07) is 10.8. The van der Waals surface area contributed by atoms with Gasteiger partial charge in [-0.15, -0.1) is 0 Å². The van der Waals surface area contributed by atoms with E-state index in [1.807, 2.05) is 0 Å². The Balaban J connectivity index is 2.41. The van der Waals surface area contributed by atoms with Gasteiger partial charge in [0.1, 0.15) is 6.07 Å². The molecule has 0 unspecified atom stereocenters. The largest absolute Gasteiger partial charge is 0.493 e. The molecule has 0 bridgehead atoms. The van der Waals surface area contributed by atoms with Crippen LogP contribution in [-0.2, 0) is 0 Å². The maximum absolute atomic E-state index is 9.76. The lowest BCUT2D eigenvalue weighted by atomic mass is 10.1. The average molecular weight is 345 g/mol. The Morgan fingerprint density at radius 3 is 2.33 bits per heavy atom. The van der Waals surface area contributed by atoms with Crippen LogP contribution in [0.5, 0.6) is 17.2 Å². The second kappa shape index (κ2) is 8.13. The number of hydrogen-bond acceptors (Lipinski definition) is 6. The van der Waals surface area contributed by atoms with Gasteiger partial charge in [0, 0.05) is 16.9 Å². The quantitative estimate of drug-likeness (QED) is 0.375. The van der Waals surface area contributed by atoms with Crippen molar-refractivity contribution < 1.29 is 24.1 Å². The lowest BCUT2D eigenvalue weighted by Gasteiger charge is -2.12. The first-order valence-electron chi connectivity index (χ1n) is 6.92. The summed E-state index contributed by atoms with van der Waals surface area (Å²) < 4.78 is 16.8. The Morgan fingerprint density at radius 1 is 1.17 bits per heavy atom. The highest BCUT2D eigenvalue weighted by Gasteiger charge is 2.15. The second-order valence-corrected chi connectivity index (χ2v) is 5.63. The third kappa shape index (κ3) is 3.91. The van der Waals surface area contributed by atoms with Gasteiger partial charge >= 0.3 is 0 Å². The smallest absolute Gasteiger partial charge is 0.296 e. The molecule has 0 spiro atoms. The SMILES string of the molecule is COc1cc(C=C(C#N)Sc2cccc[n+]2O)cc(OC)c1OC. The number of pyridine rings is 1. The molecular formula is C17H17N2O4S+. The third-order valence-electron chi connectivity index (χ3n) is 3.11. The van der Waals surface area contributed by atoms with E-state index in [0.29, 0.717) is 32.7 Å². The Labute approximate surface area is 144 Å². The molecule has 2 rings (SSSR count). The molecule has 1 aromatic carbocycles. The maximum atomic E-state index is 9.76. The van der Waals surface area contributed by atoms with E-state index in [9.17, 15) is 10.5 Å². The zero-order valence-corrected chi connectivity index (χ0v) is 14.3. The zero-order chi connectivity index (χ0) is 17.5. The molecule has 0 radical (unpaired) electrons. The summed E-state index contributed by atoms with van der Waals surface area (Å²) in [6.45, 7) is 0. The maximum Gasteiger partial charge on any atom is 0.296 e. The molecule has 24 heavy (non-hydrogen) atoms. The van der Waals surface area contributed by atoms with E-state index >= 15 is 0 Å². The van der Waals surface area contributed by atoms with E-state index in [1.165, 1.54) is 27.5 Å². The number of aromatic nitrogens is 1. The summed E-state index contributed by atoms with van der Waals surface area (Å²) in [6.07, 6.45) is 3.18. The topological polar surface area (TPSA) is 75.6 Å². The van der Waals surface area contributed by atoms with Crippen LogP contribution in [0.25, 0.3) is 6.08 Å². The molecule has 124 valence electrons. The summed E-state index contributed by atoms with van der Waals surface area (Å²) >= 11 is 1.15. The van der Waals surface area contributed by atoms with Crippen LogP contribution in [0.15, 0.2) is 46.5 Å². The number of ether oxygens (including phenoxy) is 3. The number of benzene rings is 1. The second-order valence-electron chi connectivity index (χ2n) is 4.56. The van der Waals surface area contributed by atoms with E-state index < -0.39 is 0 Å². The minimum atomic E-state index is 0.401. The highest BCUT2D eigenvalue weighted by molar-refractivity contribution is 8.03. The molecule has 0 aliphatic carbocycles. The molecule has 6 nitrogen and oxygen atoms in total. The molecule has 1 heterocycles. The minimum Gasteiger partial charge on any atom is -0.493 e. The van der Waals surface area contributed by atoms with Gasteiger partial charge < -0.3 is 14.2 Å². The van der Waals surface area contributed by atoms with Gasteiger partial charge in [0.15, 0.2) is 11.5 Å². The molecule has 0 saturated carbocycles. The van der Waals surface area contributed by atoms with Crippen molar-refractivity contribution in [3.05, 3.63) is 47.0 Å². The Morgan fingerprint density at radius 2 is 1.83 bits per heavy atom. The van der Waals surface area contributed by atoms with E-state index in [2.05, 4.69) is 6.07 Å². The molecule has 2 aromatic rings. The first kappa shape index (κ1) is 17.5. The van der Waals surface area contributed by atoms with Gasteiger partial charge in [0.2, 0.25) is 11.9 Å². The van der Waals surface area contributed by atoms with Crippen LogP contribution in [0.2, 0.25) is 0 Å². The van der Waals surface area contributed by atoms with Crippen molar-refractivity contribution in [2.45, 2.75) is 5.03 Å². The van der Waals surface area contributed by atoms with Gasteiger partial charge in [0.05, 0.1) is 26.2 Å². The third-order valence-corrected chi connectivity index (χ3v) is 4.07. The number of nitrogens with zero attached hydrogens (tertiary/aromatic N) is 2. The van der Waals surface area contributed by atoms with Crippen molar-refractivity contribution in [2.75, 3.05) is 21.3 Å². The molecule has 1 N–H and O–H groups in total.